The molecule has 2 atom stereocenters. The molecule has 2 aromatic rings. The van der Waals surface area contributed by atoms with Crippen LogP contribution >= 0.6 is 0 Å². The zero-order valence-corrected chi connectivity index (χ0v) is 11.7. The molecule has 1 aromatic carbocycles. The first-order chi connectivity index (χ1) is 10.1. The number of rotatable bonds is 3. The van der Waals surface area contributed by atoms with Gasteiger partial charge in [-0.25, -0.2) is 0 Å². The van der Waals surface area contributed by atoms with Crippen molar-refractivity contribution >= 4 is 16.6 Å². The summed E-state index contributed by atoms with van der Waals surface area (Å²) >= 11 is 0. The van der Waals surface area contributed by atoms with Crippen LogP contribution < -0.4 is 5.32 Å². The fraction of sp³-hybridized carbons (Fsp3) is 0.400. The fourth-order valence-electron chi connectivity index (χ4n) is 2.56. The molecule has 2 heterocycles. The molecular formula is C15H16N4O2. The number of aliphatic hydroxyl groups is 1. The lowest BCUT2D eigenvalue weighted by atomic mass is 9.96. The molecule has 21 heavy (non-hydrogen) atoms. The molecule has 0 amide bonds. The molecule has 1 saturated heterocycles. The Bertz CT molecular complexity index is 712. The number of fused-ring (bicyclic) bond motifs is 1. The Balaban J connectivity index is 1.94. The summed E-state index contributed by atoms with van der Waals surface area (Å²) in [5.74, 6) is 0. The molecule has 0 spiro atoms. The molecule has 1 aliphatic heterocycles. The van der Waals surface area contributed by atoms with Gasteiger partial charge in [-0.2, -0.15) is 5.26 Å². The number of nitrogens with zero attached hydrogens (tertiary/aromatic N) is 3. The summed E-state index contributed by atoms with van der Waals surface area (Å²) in [7, 11) is 0. The number of hydrogen-bond acceptors (Lipinski definition) is 6. The van der Waals surface area contributed by atoms with Crippen LogP contribution in [0.15, 0.2) is 24.3 Å². The van der Waals surface area contributed by atoms with Gasteiger partial charge in [0.05, 0.1) is 17.3 Å². The van der Waals surface area contributed by atoms with Gasteiger partial charge >= 0.3 is 0 Å². The lowest BCUT2D eigenvalue weighted by Crippen LogP contribution is -2.43. The second-order valence-corrected chi connectivity index (χ2v) is 5.27. The van der Waals surface area contributed by atoms with Gasteiger partial charge in [0.15, 0.2) is 5.69 Å². The Labute approximate surface area is 122 Å². The maximum absolute atomic E-state index is 10.6. The Kier molecular flexibility index (Phi) is 3.45. The first kappa shape index (κ1) is 13.7. The lowest BCUT2D eigenvalue weighted by molar-refractivity contribution is -0.0175. The van der Waals surface area contributed by atoms with Crippen LogP contribution in [-0.2, 0) is 4.74 Å². The first-order valence-electron chi connectivity index (χ1n) is 6.87. The molecule has 0 aliphatic carbocycles. The van der Waals surface area contributed by atoms with Crippen molar-refractivity contribution in [2.75, 3.05) is 18.5 Å². The highest BCUT2D eigenvalue weighted by Crippen LogP contribution is 2.29. The van der Waals surface area contributed by atoms with Crippen LogP contribution in [0.5, 0.6) is 0 Å². The lowest BCUT2D eigenvalue weighted by Gasteiger charge is -2.27. The van der Waals surface area contributed by atoms with E-state index in [4.69, 9.17) is 4.74 Å². The van der Waals surface area contributed by atoms with Gasteiger partial charge in [-0.05, 0) is 13.0 Å². The zero-order valence-electron chi connectivity index (χ0n) is 11.7. The van der Waals surface area contributed by atoms with E-state index in [0.29, 0.717) is 30.8 Å². The van der Waals surface area contributed by atoms with Crippen molar-refractivity contribution in [3.05, 3.63) is 30.0 Å². The van der Waals surface area contributed by atoms with Crippen LogP contribution in [-0.4, -0.2) is 40.2 Å². The molecule has 0 saturated carbocycles. The molecule has 0 radical (unpaired) electrons. The highest BCUT2D eigenvalue weighted by Gasteiger charge is 2.39. The van der Waals surface area contributed by atoms with Crippen LogP contribution in [0.2, 0.25) is 0 Å². The van der Waals surface area contributed by atoms with E-state index in [1.807, 2.05) is 37.3 Å². The van der Waals surface area contributed by atoms with E-state index in [-0.39, 0.29) is 11.8 Å². The normalized spacial score (nSPS) is 24.9. The average molecular weight is 284 g/mol. The smallest absolute Gasteiger partial charge is 0.186 e. The summed E-state index contributed by atoms with van der Waals surface area (Å²) < 4.78 is 5.42. The summed E-state index contributed by atoms with van der Waals surface area (Å²) in [6, 6.07) is 9.51. The minimum Gasteiger partial charge on any atom is -0.385 e. The Morgan fingerprint density at radius 1 is 1.48 bits per heavy atom. The molecule has 6 nitrogen and oxygen atoms in total. The SMILES string of the molecule is CC1OCCC1(O)CNc1c(C#N)nnc2ccccc12. The highest BCUT2D eigenvalue weighted by molar-refractivity contribution is 5.92. The van der Waals surface area contributed by atoms with Crippen molar-refractivity contribution in [1.82, 2.24) is 10.2 Å². The molecule has 1 aromatic heterocycles. The highest BCUT2D eigenvalue weighted by atomic mass is 16.5. The molecule has 6 heteroatoms. The number of benzene rings is 1. The number of nitriles is 1. The molecular weight excluding hydrogens is 268 g/mol. The Morgan fingerprint density at radius 3 is 3.00 bits per heavy atom. The number of anilines is 1. The predicted octanol–water partition coefficient (Wildman–Crippen LogP) is 1.45. The minimum atomic E-state index is -0.933. The third-order valence-electron chi connectivity index (χ3n) is 4.00. The predicted molar refractivity (Wildman–Crippen MR) is 77.7 cm³/mol. The van der Waals surface area contributed by atoms with Crippen molar-refractivity contribution in [3.8, 4) is 6.07 Å². The van der Waals surface area contributed by atoms with E-state index < -0.39 is 5.60 Å². The maximum Gasteiger partial charge on any atom is 0.186 e. The van der Waals surface area contributed by atoms with Crippen LogP contribution in [0.1, 0.15) is 19.0 Å². The summed E-state index contributed by atoms with van der Waals surface area (Å²) in [6.45, 7) is 2.70. The van der Waals surface area contributed by atoms with Gasteiger partial charge < -0.3 is 15.2 Å². The molecule has 1 fully saturated rings. The van der Waals surface area contributed by atoms with Gasteiger partial charge in [-0.15, -0.1) is 10.2 Å². The monoisotopic (exact) mass is 284 g/mol. The number of nitrogens with one attached hydrogen (secondary N) is 1. The largest absolute Gasteiger partial charge is 0.385 e. The third kappa shape index (κ3) is 2.42. The summed E-state index contributed by atoms with van der Waals surface area (Å²) in [5, 5.41) is 31.7. The van der Waals surface area contributed by atoms with Gasteiger partial charge in [0.25, 0.3) is 0 Å². The van der Waals surface area contributed by atoms with Crippen LogP contribution in [0.4, 0.5) is 5.69 Å². The van der Waals surface area contributed by atoms with Gasteiger partial charge in [-0.1, -0.05) is 18.2 Å². The summed E-state index contributed by atoms with van der Waals surface area (Å²) in [6.07, 6.45) is 0.330. The van der Waals surface area contributed by atoms with Crippen molar-refractivity contribution in [3.63, 3.8) is 0 Å². The molecule has 2 N–H and O–H groups in total. The minimum absolute atomic E-state index is 0.226. The fourth-order valence-corrected chi connectivity index (χ4v) is 2.56. The molecule has 1 aliphatic rings. The third-order valence-corrected chi connectivity index (χ3v) is 4.00. The summed E-state index contributed by atoms with van der Waals surface area (Å²) in [5.41, 5.74) is 0.609. The second-order valence-electron chi connectivity index (χ2n) is 5.27. The number of ether oxygens (including phenoxy) is 1. The van der Waals surface area contributed by atoms with Crippen molar-refractivity contribution < 1.29 is 9.84 Å². The Morgan fingerprint density at radius 2 is 2.29 bits per heavy atom. The second kappa shape index (κ2) is 5.28. The summed E-state index contributed by atoms with van der Waals surface area (Å²) in [4.78, 5) is 0. The van der Waals surface area contributed by atoms with E-state index in [9.17, 15) is 10.4 Å². The van der Waals surface area contributed by atoms with Gasteiger partial charge in [0, 0.05) is 25.0 Å². The van der Waals surface area contributed by atoms with E-state index in [1.165, 1.54) is 0 Å². The van der Waals surface area contributed by atoms with E-state index in [2.05, 4.69) is 15.5 Å². The van der Waals surface area contributed by atoms with Crippen molar-refractivity contribution in [2.24, 2.45) is 0 Å². The van der Waals surface area contributed by atoms with Gasteiger partial charge in [0.1, 0.15) is 11.7 Å². The topological polar surface area (TPSA) is 91.1 Å². The number of hydrogen-bond donors (Lipinski definition) is 2. The van der Waals surface area contributed by atoms with Crippen LogP contribution in [0, 0.1) is 11.3 Å². The first-order valence-corrected chi connectivity index (χ1v) is 6.87. The molecule has 108 valence electrons. The zero-order chi connectivity index (χ0) is 14.9. The van der Waals surface area contributed by atoms with E-state index in [0.717, 1.165) is 5.39 Å². The average Bonchev–Trinajstić information content (AvgIpc) is 2.84. The Hall–Kier alpha value is -2.23. The van der Waals surface area contributed by atoms with Crippen LogP contribution in [0.3, 0.4) is 0 Å². The van der Waals surface area contributed by atoms with Crippen LogP contribution in [0.25, 0.3) is 10.9 Å². The van der Waals surface area contributed by atoms with Gasteiger partial charge in [0.2, 0.25) is 0 Å². The number of aromatic nitrogens is 2. The molecule has 3 rings (SSSR count). The standard InChI is InChI=1S/C15H16N4O2/c1-10-15(20,6-7-21-10)9-17-14-11-4-2-3-5-12(11)18-19-13(14)8-16/h2-5,10,20H,6-7,9H2,1H3,(H,17,18). The van der Waals surface area contributed by atoms with Gasteiger partial charge in [-0.3, -0.25) is 0 Å². The quantitative estimate of drug-likeness (QED) is 0.886. The molecule has 0 bridgehead atoms. The van der Waals surface area contributed by atoms with E-state index in [1.54, 1.807) is 0 Å². The molecule has 2 unspecified atom stereocenters. The van der Waals surface area contributed by atoms with E-state index >= 15 is 0 Å². The van der Waals surface area contributed by atoms with Crippen molar-refractivity contribution in [1.29, 1.82) is 5.26 Å². The van der Waals surface area contributed by atoms with Crippen molar-refractivity contribution in [2.45, 2.75) is 25.0 Å². The maximum atomic E-state index is 10.6.